The van der Waals surface area contributed by atoms with Crippen LogP contribution in [0.25, 0.3) is 16.7 Å². The van der Waals surface area contributed by atoms with Gasteiger partial charge in [0, 0.05) is 0 Å². The van der Waals surface area contributed by atoms with Gasteiger partial charge in [0.2, 0.25) is 0 Å². The second kappa shape index (κ2) is 6.81. The molecule has 0 fully saturated rings. The zero-order valence-electron chi connectivity index (χ0n) is 15.6. The predicted octanol–water partition coefficient (Wildman–Crippen LogP) is 6.90. The summed E-state index contributed by atoms with van der Waals surface area (Å²) in [5.41, 5.74) is 11.7. The van der Waals surface area contributed by atoms with E-state index in [0.717, 1.165) is 12.8 Å². The average Bonchev–Trinajstić information content (AvgIpc) is 2.57. The largest absolute Gasteiger partial charge is 0.0874 e. The van der Waals surface area contributed by atoms with Gasteiger partial charge in [-0.2, -0.15) is 0 Å². The van der Waals surface area contributed by atoms with Gasteiger partial charge in [0.25, 0.3) is 0 Å². The van der Waals surface area contributed by atoms with Gasteiger partial charge in [-0.05, 0) is 84.1 Å². The van der Waals surface area contributed by atoms with Crippen LogP contribution in [0, 0.1) is 19.8 Å². The summed E-state index contributed by atoms with van der Waals surface area (Å²) in [4.78, 5) is 0. The molecule has 124 valence electrons. The molecule has 0 amide bonds. The van der Waals surface area contributed by atoms with Crippen molar-refractivity contribution in [3.8, 4) is 11.1 Å². The first kappa shape index (κ1) is 16.8. The molecular formula is C24H28. The van der Waals surface area contributed by atoms with Gasteiger partial charge in [-0.1, -0.05) is 62.4 Å². The van der Waals surface area contributed by atoms with Crippen LogP contribution < -0.4 is 0 Å². The van der Waals surface area contributed by atoms with Crippen molar-refractivity contribution in [2.45, 2.75) is 47.5 Å². The average molecular weight is 316 g/mol. The molecule has 0 bridgehead atoms. The Morgan fingerprint density at radius 1 is 1.00 bits per heavy atom. The zero-order valence-corrected chi connectivity index (χ0v) is 15.6. The van der Waals surface area contributed by atoms with E-state index >= 15 is 0 Å². The molecule has 0 saturated carbocycles. The van der Waals surface area contributed by atoms with Crippen molar-refractivity contribution in [2.24, 2.45) is 5.92 Å². The highest BCUT2D eigenvalue weighted by atomic mass is 14.3. The minimum absolute atomic E-state index is 0.577. The maximum absolute atomic E-state index is 2.37. The SMILES string of the molecule is C/C=C\C1=C(CC)c2ccc(C)c(-c3ccccc3C)c2CC1C. The monoisotopic (exact) mass is 316 g/mol. The van der Waals surface area contributed by atoms with Gasteiger partial charge in [0.05, 0.1) is 0 Å². The molecule has 24 heavy (non-hydrogen) atoms. The fourth-order valence-electron chi connectivity index (χ4n) is 4.20. The van der Waals surface area contributed by atoms with Crippen molar-refractivity contribution in [1.82, 2.24) is 0 Å². The van der Waals surface area contributed by atoms with E-state index in [0.29, 0.717) is 5.92 Å². The van der Waals surface area contributed by atoms with E-state index in [2.05, 4.69) is 83.2 Å². The highest BCUT2D eigenvalue weighted by Gasteiger charge is 2.25. The molecule has 2 aromatic carbocycles. The highest BCUT2D eigenvalue weighted by molar-refractivity contribution is 5.84. The molecule has 1 atom stereocenters. The van der Waals surface area contributed by atoms with Crippen LogP contribution in [0.3, 0.4) is 0 Å². The van der Waals surface area contributed by atoms with Crippen LogP contribution in [-0.2, 0) is 6.42 Å². The summed E-state index contributed by atoms with van der Waals surface area (Å²) >= 11 is 0. The number of hydrogen-bond acceptors (Lipinski definition) is 0. The second-order valence-corrected chi connectivity index (χ2v) is 6.99. The van der Waals surface area contributed by atoms with Gasteiger partial charge >= 0.3 is 0 Å². The smallest absolute Gasteiger partial charge is 0.0114 e. The first-order valence-electron chi connectivity index (χ1n) is 9.13. The van der Waals surface area contributed by atoms with E-state index < -0.39 is 0 Å². The molecule has 0 aliphatic heterocycles. The van der Waals surface area contributed by atoms with Crippen LogP contribution in [0.4, 0.5) is 0 Å². The summed E-state index contributed by atoms with van der Waals surface area (Å²) in [5.74, 6) is 0.577. The maximum Gasteiger partial charge on any atom is -0.0114 e. The van der Waals surface area contributed by atoms with E-state index in [1.54, 1.807) is 5.56 Å². The number of fused-ring (bicyclic) bond motifs is 1. The quantitative estimate of drug-likeness (QED) is 0.577. The third-order valence-electron chi connectivity index (χ3n) is 5.35. The lowest BCUT2D eigenvalue weighted by Gasteiger charge is -2.30. The van der Waals surface area contributed by atoms with Gasteiger partial charge < -0.3 is 0 Å². The summed E-state index contributed by atoms with van der Waals surface area (Å²) in [6, 6.07) is 13.4. The van der Waals surface area contributed by atoms with Crippen LogP contribution in [0.1, 0.15) is 49.4 Å². The van der Waals surface area contributed by atoms with Gasteiger partial charge in [0.15, 0.2) is 0 Å². The number of allylic oxidation sites excluding steroid dienone is 4. The lowest BCUT2D eigenvalue weighted by Crippen LogP contribution is -2.14. The van der Waals surface area contributed by atoms with Gasteiger partial charge in [-0.3, -0.25) is 0 Å². The maximum atomic E-state index is 2.37. The Kier molecular flexibility index (Phi) is 4.76. The Labute approximate surface area is 146 Å². The molecule has 0 radical (unpaired) electrons. The van der Waals surface area contributed by atoms with Crippen molar-refractivity contribution in [3.05, 3.63) is 76.4 Å². The van der Waals surface area contributed by atoms with E-state index in [9.17, 15) is 0 Å². The summed E-state index contributed by atoms with van der Waals surface area (Å²) in [6.45, 7) is 11.3. The van der Waals surface area contributed by atoms with Crippen molar-refractivity contribution in [3.63, 3.8) is 0 Å². The third-order valence-corrected chi connectivity index (χ3v) is 5.35. The van der Waals surface area contributed by atoms with E-state index in [-0.39, 0.29) is 0 Å². The summed E-state index contributed by atoms with van der Waals surface area (Å²) in [5, 5.41) is 0. The molecule has 0 heterocycles. The standard InChI is InChI=1S/C24H28/c1-6-10-20-18(5)15-23-22(19(20)7-2)14-13-17(4)24(23)21-12-9-8-11-16(21)3/h6,8-14,18H,7,15H2,1-5H3/b10-6-. The lowest BCUT2D eigenvalue weighted by molar-refractivity contribution is 0.680. The third kappa shape index (κ3) is 2.75. The molecule has 0 spiro atoms. The lowest BCUT2D eigenvalue weighted by atomic mass is 9.74. The molecule has 0 aromatic heterocycles. The fourth-order valence-corrected chi connectivity index (χ4v) is 4.20. The van der Waals surface area contributed by atoms with Crippen LogP contribution in [0.2, 0.25) is 0 Å². The molecule has 0 nitrogen and oxygen atoms in total. The molecule has 1 aliphatic rings. The van der Waals surface area contributed by atoms with Crippen molar-refractivity contribution in [1.29, 1.82) is 0 Å². The van der Waals surface area contributed by atoms with Gasteiger partial charge in [0.1, 0.15) is 0 Å². The van der Waals surface area contributed by atoms with E-state index in [4.69, 9.17) is 0 Å². The summed E-state index contributed by atoms with van der Waals surface area (Å²) in [6.07, 6.45) is 6.72. The van der Waals surface area contributed by atoms with Crippen LogP contribution in [0.15, 0.2) is 54.1 Å². The Balaban J connectivity index is 2.31. The Hall–Kier alpha value is -2.08. The van der Waals surface area contributed by atoms with Crippen LogP contribution in [-0.4, -0.2) is 0 Å². The van der Waals surface area contributed by atoms with Crippen molar-refractivity contribution in [2.75, 3.05) is 0 Å². The number of rotatable bonds is 3. The van der Waals surface area contributed by atoms with Gasteiger partial charge in [-0.15, -0.1) is 0 Å². The topological polar surface area (TPSA) is 0 Å². The van der Waals surface area contributed by atoms with Crippen LogP contribution >= 0.6 is 0 Å². The minimum atomic E-state index is 0.577. The van der Waals surface area contributed by atoms with E-state index in [1.165, 1.54) is 39.0 Å². The molecular weight excluding hydrogens is 288 g/mol. The van der Waals surface area contributed by atoms with Crippen LogP contribution in [0.5, 0.6) is 0 Å². The Bertz CT molecular complexity index is 818. The highest BCUT2D eigenvalue weighted by Crippen LogP contribution is 2.43. The molecule has 2 aromatic rings. The van der Waals surface area contributed by atoms with E-state index in [1.807, 2.05) is 0 Å². The van der Waals surface area contributed by atoms with Gasteiger partial charge in [-0.25, -0.2) is 0 Å². The minimum Gasteiger partial charge on any atom is -0.0874 e. The number of hydrogen-bond donors (Lipinski definition) is 0. The predicted molar refractivity (Wildman–Crippen MR) is 106 cm³/mol. The normalized spacial score (nSPS) is 17.5. The molecule has 0 saturated heterocycles. The van der Waals surface area contributed by atoms with Crippen molar-refractivity contribution >= 4 is 5.57 Å². The first-order valence-corrected chi connectivity index (χ1v) is 9.13. The second-order valence-electron chi connectivity index (χ2n) is 6.99. The first-order chi connectivity index (χ1) is 11.6. The fraction of sp³-hybridized carbons (Fsp3) is 0.333. The summed E-state index contributed by atoms with van der Waals surface area (Å²) < 4.78 is 0. The molecule has 0 N–H and O–H groups in total. The molecule has 0 heteroatoms. The van der Waals surface area contributed by atoms with Crippen molar-refractivity contribution < 1.29 is 0 Å². The molecule has 1 aliphatic carbocycles. The number of aryl methyl sites for hydroxylation is 2. The molecule has 3 rings (SSSR count). The molecule has 1 unspecified atom stereocenters. The Morgan fingerprint density at radius 3 is 2.42 bits per heavy atom. The Morgan fingerprint density at radius 2 is 1.75 bits per heavy atom. The number of benzene rings is 2. The summed E-state index contributed by atoms with van der Waals surface area (Å²) in [7, 11) is 0. The zero-order chi connectivity index (χ0) is 17.3.